The zero-order chi connectivity index (χ0) is 16.3. The van der Waals surface area contributed by atoms with Crippen LogP contribution in [0.15, 0.2) is 12.1 Å². The van der Waals surface area contributed by atoms with Crippen LogP contribution in [0.4, 0.5) is 5.69 Å². The maximum Gasteiger partial charge on any atom is 0.310 e. The van der Waals surface area contributed by atoms with Crippen molar-refractivity contribution in [1.82, 2.24) is 0 Å². The van der Waals surface area contributed by atoms with Crippen LogP contribution in [-0.4, -0.2) is 43.3 Å². The molecule has 22 heavy (non-hydrogen) atoms. The van der Waals surface area contributed by atoms with Crippen molar-refractivity contribution in [1.29, 1.82) is 0 Å². The number of nitrogens with zero attached hydrogens (tertiary/aromatic N) is 1. The zero-order valence-corrected chi connectivity index (χ0v) is 13.2. The Morgan fingerprint density at radius 1 is 1.36 bits per heavy atom. The highest BCUT2D eigenvalue weighted by Gasteiger charge is 2.24. The third-order valence-corrected chi connectivity index (χ3v) is 3.82. The molecule has 120 valence electrons. The largest absolute Gasteiger partial charge is 0.481 e. The van der Waals surface area contributed by atoms with Gasteiger partial charge in [0.15, 0.2) is 0 Å². The van der Waals surface area contributed by atoms with Gasteiger partial charge in [-0.1, -0.05) is 11.6 Å². The molecule has 1 aromatic rings. The molecular weight excluding hydrogens is 310 g/mol. The second-order valence-corrected chi connectivity index (χ2v) is 5.50. The maximum absolute atomic E-state index is 11.3. The molecule has 1 N–H and O–H groups in total. The summed E-state index contributed by atoms with van der Waals surface area (Å²) in [7, 11) is 0. The van der Waals surface area contributed by atoms with E-state index < -0.39 is 17.9 Å². The van der Waals surface area contributed by atoms with Crippen LogP contribution in [0.5, 0.6) is 5.75 Å². The number of carboxylic acid groups (broad SMARTS) is 1. The van der Waals surface area contributed by atoms with Crippen LogP contribution >= 0.6 is 11.6 Å². The number of carbonyl (C=O) groups is 2. The number of aliphatic carboxylic acids is 1. The predicted molar refractivity (Wildman–Crippen MR) is 81.8 cm³/mol. The van der Waals surface area contributed by atoms with Crippen molar-refractivity contribution >= 4 is 29.2 Å². The fourth-order valence-electron chi connectivity index (χ4n) is 2.32. The molecule has 1 unspecified atom stereocenters. The fraction of sp³-hybridized carbons (Fsp3) is 0.467. The van der Waals surface area contributed by atoms with E-state index in [9.17, 15) is 14.7 Å². The molecule has 2 rings (SSSR count). The molecule has 1 atom stereocenters. The summed E-state index contributed by atoms with van der Waals surface area (Å²) in [5, 5.41) is 9.62. The SMILES string of the molecule is CC(=O)Oc1cc(N2CCOCC2)c(Cl)cc1C(C)C(=O)O. The standard InChI is InChI=1S/C15H18ClNO5/c1-9(15(19)20)11-7-12(16)13(8-14(11)22-10(2)18)17-3-5-21-6-4-17/h7-9H,3-6H2,1-2H3,(H,19,20). The topological polar surface area (TPSA) is 76.1 Å². The van der Waals surface area contributed by atoms with Gasteiger partial charge in [-0.25, -0.2) is 0 Å². The summed E-state index contributed by atoms with van der Waals surface area (Å²) in [5.74, 6) is -2.11. The van der Waals surface area contributed by atoms with E-state index >= 15 is 0 Å². The van der Waals surface area contributed by atoms with Gasteiger partial charge < -0.3 is 19.5 Å². The average Bonchev–Trinajstić information content (AvgIpc) is 2.48. The van der Waals surface area contributed by atoms with Crippen LogP contribution in [0.2, 0.25) is 5.02 Å². The van der Waals surface area contributed by atoms with E-state index in [0.29, 0.717) is 42.6 Å². The summed E-state index contributed by atoms with van der Waals surface area (Å²) in [6, 6.07) is 3.19. The summed E-state index contributed by atoms with van der Waals surface area (Å²) >= 11 is 6.30. The van der Waals surface area contributed by atoms with Crippen molar-refractivity contribution < 1.29 is 24.2 Å². The summed E-state index contributed by atoms with van der Waals surface area (Å²) in [4.78, 5) is 24.5. The molecule has 1 aliphatic rings. The molecule has 0 saturated carbocycles. The Hall–Kier alpha value is -1.79. The molecule has 0 amide bonds. The van der Waals surface area contributed by atoms with Crippen LogP contribution < -0.4 is 9.64 Å². The van der Waals surface area contributed by atoms with Crippen molar-refractivity contribution in [2.24, 2.45) is 0 Å². The first-order valence-electron chi connectivity index (χ1n) is 6.97. The Kier molecular flexibility index (Phi) is 5.26. The highest BCUT2D eigenvalue weighted by atomic mass is 35.5. The number of carboxylic acids is 1. The molecule has 0 radical (unpaired) electrons. The molecule has 1 fully saturated rings. The molecule has 6 nitrogen and oxygen atoms in total. The molecule has 0 aromatic heterocycles. The normalized spacial score (nSPS) is 16.2. The van der Waals surface area contributed by atoms with Crippen molar-refractivity contribution in [3.05, 3.63) is 22.7 Å². The van der Waals surface area contributed by atoms with E-state index in [4.69, 9.17) is 21.1 Å². The first kappa shape index (κ1) is 16.6. The number of carbonyl (C=O) groups excluding carboxylic acids is 1. The van der Waals surface area contributed by atoms with E-state index in [1.54, 1.807) is 12.1 Å². The number of rotatable bonds is 4. The summed E-state index contributed by atoms with van der Waals surface area (Å²) in [6.45, 7) is 5.33. The highest BCUT2D eigenvalue weighted by Crippen LogP contribution is 2.37. The molecule has 1 heterocycles. The second-order valence-electron chi connectivity index (χ2n) is 5.09. The van der Waals surface area contributed by atoms with Gasteiger partial charge in [0.2, 0.25) is 0 Å². The lowest BCUT2D eigenvalue weighted by Gasteiger charge is -2.30. The molecule has 1 aromatic carbocycles. The monoisotopic (exact) mass is 327 g/mol. The van der Waals surface area contributed by atoms with Crippen LogP contribution in [0.25, 0.3) is 0 Å². The number of hydrogen-bond donors (Lipinski definition) is 1. The molecule has 1 aliphatic heterocycles. The number of morpholine rings is 1. The van der Waals surface area contributed by atoms with Crippen molar-refractivity contribution in [3.8, 4) is 5.75 Å². The van der Waals surface area contributed by atoms with Gasteiger partial charge in [-0.3, -0.25) is 9.59 Å². The third-order valence-electron chi connectivity index (χ3n) is 3.52. The first-order valence-corrected chi connectivity index (χ1v) is 7.35. The Morgan fingerprint density at radius 2 is 2.00 bits per heavy atom. The van der Waals surface area contributed by atoms with Gasteiger partial charge in [-0.15, -0.1) is 0 Å². The number of halogens is 1. The van der Waals surface area contributed by atoms with Gasteiger partial charge in [0.1, 0.15) is 5.75 Å². The van der Waals surface area contributed by atoms with Gasteiger partial charge in [0, 0.05) is 31.6 Å². The quantitative estimate of drug-likeness (QED) is 0.675. The van der Waals surface area contributed by atoms with Crippen LogP contribution in [0.1, 0.15) is 25.3 Å². The van der Waals surface area contributed by atoms with Gasteiger partial charge in [-0.05, 0) is 13.0 Å². The molecule has 0 aliphatic carbocycles. The van der Waals surface area contributed by atoms with Crippen molar-refractivity contribution in [3.63, 3.8) is 0 Å². The fourth-order valence-corrected chi connectivity index (χ4v) is 2.61. The predicted octanol–water partition coefficient (Wildman–Crippen LogP) is 2.29. The van der Waals surface area contributed by atoms with Gasteiger partial charge >= 0.3 is 11.9 Å². The summed E-state index contributed by atoms with van der Waals surface area (Å²) in [6.07, 6.45) is 0. The lowest BCUT2D eigenvalue weighted by Crippen LogP contribution is -2.36. The minimum Gasteiger partial charge on any atom is -0.481 e. The lowest BCUT2D eigenvalue weighted by atomic mass is 9.99. The minimum atomic E-state index is -1.01. The summed E-state index contributed by atoms with van der Waals surface area (Å²) in [5.41, 5.74) is 1.09. The Labute approximate surface area is 133 Å². The number of hydrogen-bond acceptors (Lipinski definition) is 5. The van der Waals surface area contributed by atoms with E-state index in [2.05, 4.69) is 0 Å². The van der Waals surface area contributed by atoms with E-state index in [1.807, 2.05) is 4.90 Å². The van der Waals surface area contributed by atoms with Gasteiger partial charge in [-0.2, -0.15) is 0 Å². The first-order chi connectivity index (χ1) is 10.4. The van der Waals surface area contributed by atoms with E-state index in [0.717, 1.165) is 0 Å². The molecule has 0 spiro atoms. The Morgan fingerprint density at radius 3 is 2.55 bits per heavy atom. The van der Waals surface area contributed by atoms with Gasteiger partial charge in [0.25, 0.3) is 0 Å². The van der Waals surface area contributed by atoms with Crippen LogP contribution in [0.3, 0.4) is 0 Å². The van der Waals surface area contributed by atoms with Gasteiger partial charge in [0.05, 0.1) is 29.8 Å². The van der Waals surface area contributed by atoms with E-state index in [1.165, 1.54) is 13.8 Å². The highest BCUT2D eigenvalue weighted by molar-refractivity contribution is 6.33. The Bertz CT molecular complexity index is 584. The molecule has 7 heteroatoms. The lowest BCUT2D eigenvalue weighted by molar-refractivity contribution is -0.138. The van der Waals surface area contributed by atoms with Crippen LogP contribution in [0, 0.1) is 0 Å². The molecule has 0 bridgehead atoms. The number of anilines is 1. The second kappa shape index (κ2) is 6.98. The zero-order valence-electron chi connectivity index (χ0n) is 12.5. The third kappa shape index (κ3) is 3.69. The smallest absolute Gasteiger partial charge is 0.310 e. The molecule has 1 saturated heterocycles. The number of benzene rings is 1. The summed E-state index contributed by atoms with van der Waals surface area (Å²) < 4.78 is 10.5. The minimum absolute atomic E-state index is 0.230. The van der Waals surface area contributed by atoms with Crippen LogP contribution in [-0.2, 0) is 14.3 Å². The van der Waals surface area contributed by atoms with Crippen molar-refractivity contribution in [2.75, 3.05) is 31.2 Å². The number of ether oxygens (including phenoxy) is 2. The average molecular weight is 328 g/mol. The maximum atomic E-state index is 11.3. The van der Waals surface area contributed by atoms with Crippen molar-refractivity contribution in [2.45, 2.75) is 19.8 Å². The molecular formula is C15H18ClNO5. The number of esters is 1. The van der Waals surface area contributed by atoms with E-state index in [-0.39, 0.29) is 5.75 Å². The Balaban J connectivity index is 2.44.